The van der Waals surface area contributed by atoms with Gasteiger partial charge >= 0.3 is 0 Å². The molecular weight excluding hydrogens is 313 g/mol. The zero-order valence-corrected chi connectivity index (χ0v) is 13.9. The number of benzene rings is 1. The first-order valence-corrected chi connectivity index (χ1v) is 8.41. The molecule has 0 unspecified atom stereocenters. The first-order valence-electron chi connectivity index (χ1n) is 7.53. The molecule has 120 valence electrons. The second-order valence-electron chi connectivity index (χ2n) is 5.43. The van der Waals surface area contributed by atoms with Gasteiger partial charge in [-0.3, -0.25) is 14.1 Å². The van der Waals surface area contributed by atoms with E-state index < -0.39 is 0 Å². The van der Waals surface area contributed by atoms with Crippen molar-refractivity contribution in [3.8, 4) is 0 Å². The van der Waals surface area contributed by atoms with Crippen molar-refractivity contribution in [1.29, 1.82) is 0 Å². The van der Waals surface area contributed by atoms with Gasteiger partial charge in [0.2, 0.25) is 0 Å². The van der Waals surface area contributed by atoms with E-state index in [2.05, 4.69) is 23.7 Å². The standard InChI is InChI=1S/C17H18FN3OS/c1-3-20(12(2)13-4-6-14(18)7-5-13)11-15-10-16(22)21-8-9-23-17(21)19-15/h4-10,12H,3,11H2,1-2H3/t12-/m1/s1. The Morgan fingerprint density at radius 1 is 1.35 bits per heavy atom. The molecule has 2 heterocycles. The zero-order chi connectivity index (χ0) is 16.4. The molecule has 0 fully saturated rings. The van der Waals surface area contributed by atoms with Gasteiger partial charge in [0.1, 0.15) is 5.82 Å². The summed E-state index contributed by atoms with van der Waals surface area (Å²) < 4.78 is 14.6. The summed E-state index contributed by atoms with van der Waals surface area (Å²) in [5, 5.41) is 1.85. The van der Waals surface area contributed by atoms with Crippen molar-refractivity contribution in [2.75, 3.05) is 6.54 Å². The fourth-order valence-electron chi connectivity index (χ4n) is 2.65. The smallest absolute Gasteiger partial charge is 0.258 e. The number of hydrogen-bond acceptors (Lipinski definition) is 4. The number of nitrogens with zero attached hydrogens (tertiary/aromatic N) is 3. The van der Waals surface area contributed by atoms with E-state index in [-0.39, 0.29) is 17.4 Å². The number of fused-ring (bicyclic) bond motifs is 1. The molecule has 2 aromatic heterocycles. The van der Waals surface area contributed by atoms with Crippen LogP contribution in [0.15, 0.2) is 46.7 Å². The molecule has 0 saturated heterocycles. The van der Waals surface area contributed by atoms with Gasteiger partial charge in [0, 0.05) is 30.2 Å². The first kappa shape index (κ1) is 15.8. The molecule has 0 aliphatic rings. The Hall–Kier alpha value is -2.05. The summed E-state index contributed by atoms with van der Waals surface area (Å²) in [6.45, 7) is 5.53. The van der Waals surface area contributed by atoms with Crippen LogP contribution in [0.5, 0.6) is 0 Å². The summed E-state index contributed by atoms with van der Waals surface area (Å²) in [4.78, 5) is 19.5. The fourth-order valence-corrected chi connectivity index (χ4v) is 3.39. The first-order chi connectivity index (χ1) is 11.1. The van der Waals surface area contributed by atoms with Crippen LogP contribution in [0.3, 0.4) is 0 Å². The predicted molar refractivity (Wildman–Crippen MR) is 90.2 cm³/mol. The molecule has 6 heteroatoms. The average Bonchev–Trinajstić information content (AvgIpc) is 3.02. The molecule has 0 aliphatic carbocycles. The lowest BCUT2D eigenvalue weighted by Gasteiger charge is -2.27. The van der Waals surface area contributed by atoms with E-state index in [1.165, 1.54) is 23.5 Å². The lowest BCUT2D eigenvalue weighted by atomic mass is 10.1. The van der Waals surface area contributed by atoms with Gasteiger partial charge in [0.15, 0.2) is 4.96 Å². The van der Waals surface area contributed by atoms with E-state index in [0.29, 0.717) is 11.5 Å². The van der Waals surface area contributed by atoms with Gasteiger partial charge in [-0.1, -0.05) is 19.1 Å². The molecule has 0 bridgehead atoms. The van der Waals surface area contributed by atoms with Crippen LogP contribution in [-0.4, -0.2) is 20.8 Å². The van der Waals surface area contributed by atoms with Crippen molar-refractivity contribution in [1.82, 2.24) is 14.3 Å². The molecule has 0 radical (unpaired) electrons. The highest BCUT2D eigenvalue weighted by Crippen LogP contribution is 2.22. The van der Waals surface area contributed by atoms with Gasteiger partial charge in [-0.15, -0.1) is 11.3 Å². The quantitative estimate of drug-likeness (QED) is 0.718. The van der Waals surface area contributed by atoms with E-state index in [0.717, 1.165) is 17.8 Å². The van der Waals surface area contributed by atoms with Crippen LogP contribution in [0.1, 0.15) is 31.1 Å². The van der Waals surface area contributed by atoms with Gasteiger partial charge in [-0.05, 0) is 31.2 Å². The number of hydrogen-bond donors (Lipinski definition) is 0. The van der Waals surface area contributed by atoms with E-state index >= 15 is 0 Å². The monoisotopic (exact) mass is 331 g/mol. The third-order valence-corrected chi connectivity index (χ3v) is 4.78. The Kier molecular flexibility index (Phi) is 4.54. The van der Waals surface area contributed by atoms with Crippen molar-refractivity contribution in [2.24, 2.45) is 0 Å². The van der Waals surface area contributed by atoms with Crippen molar-refractivity contribution in [2.45, 2.75) is 26.4 Å². The molecule has 0 N–H and O–H groups in total. The van der Waals surface area contributed by atoms with Crippen molar-refractivity contribution in [3.63, 3.8) is 0 Å². The minimum absolute atomic E-state index is 0.0586. The fraction of sp³-hybridized carbons (Fsp3) is 0.294. The minimum atomic E-state index is -0.234. The summed E-state index contributed by atoms with van der Waals surface area (Å²) in [7, 11) is 0. The molecular formula is C17H18FN3OS. The summed E-state index contributed by atoms with van der Waals surface area (Å²) in [5.74, 6) is -0.234. The van der Waals surface area contributed by atoms with Crippen LogP contribution in [-0.2, 0) is 6.54 Å². The molecule has 3 aromatic rings. The highest BCUT2D eigenvalue weighted by Gasteiger charge is 2.16. The summed E-state index contributed by atoms with van der Waals surface area (Å²) in [6, 6.07) is 8.24. The SMILES string of the molecule is CCN(Cc1cc(=O)n2ccsc2n1)[C@H](C)c1ccc(F)cc1. The highest BCUT2D eigenvalue weighted by molar-refractivity contribution is 7.15. The largest absolute Gasteiger partial charge is 0.291 e. The molecule has 0 amide bonds. The Balaban J connectivity index is 1.85. The molecule has 0 spiro atoms. The van der Waals surface area contributed by atoms with Crippen molar-refractivity contribution < 1.29 is 4.39 Å². The lowest BCUT2D eigenvalue weighted by molar-refractivity contribution is 0.210. The highest BCUT2D eigenvalue weighted by atomic mass is 32.1. The predicted octanol–water partition coefficient (Wildman–Crippen LogP) is 3.48. The maximum atomic E-state index is 13.1. The van der Waals surface area contributed by atoms with Crippen LogP contribution in [0.2, 0.25) is 0 Å². The van der Waals surface area contributed by atoms with E-state index in [1.807, 2.05) is 5.38 Å². The number of aromatic nitrogens is 2. The molecule has 0 saturated carbocycles. The molecule has 1 atom stereocenters. The zero-order valence-electron chi connectivity index (χ0n) is 13.1. The summed E-state index contributed by atoms with van der Waals surface area (Å²) in [5.41, 5.74) is 1.74. The number of thiazole rings is 1. The van der Waals surface area contributed by atoms with E-state index in [9.17, 15) is 9.18 Å². The average molecular weight is 331 g/mol. The molecule has 3 rings (SSSR count). The van der Waals surface area contributed by atoms with Crippen LogP contribution < -0.4 is 5.56 Å². The maximum absolute atomic E-state index is 13.1. The Morgan fingerprint density at radius 3 is 2.78 bits per heavy atom. The number of halogens is 1. The van der Waals surface area contributed by atoms with Crippen LogP contribution in [0.25, 0.3) is 4.96 Å². The van der Waals surface area contributed by atoms with Crippen molar-refractivity contribution in [3.05, 3.63) is 69.3 Å². The van der Waals surface area contributed by atoms with E-state index in [4.69, 9.17) is 0 Å². The van der Waals surface area contributed by atoms with Gasteiger partial charge in [0.05, 0.1) is 5.69 Å². The van der Waals surface area contributed by atoms with Gasteiger partial charge in [-0.25, -0.2) is 9.37 Å². The Morgan fingerprint density at radius 2 is 2.09 bits per heavy atom. The second-order valence-corrected chi connectivity index (χ2v) is 6.30. The third-order valence-electron chi connectivity index (χ3n) is 4.03. The van der Waals surface area contributed by atoms with Crippen LogP contribution in [0, 0.1) is 5.82 Å². The molecule has 0 aliphatic heterocycles. The van der Waals surface area contributed by atoms with Crippen molar-refractivity contribution >= 4 is 16.3 Å². The molecule has 4 nitrogen and oxygen atoms in total. The summed E-state index contributed by atoms with van der Waals surface area (Å²) >= 11 is 1.45. The van der Waals surface area contributed by atoms with Crippen LogP contribution in [0.4, 0.5) is 4.39 Å². The second kappa shape index (κ2) is 6.60. The minimum Gasteiger partial charge on any atom is -0.291 e. The van der Waals surface area contributed by atoms with Gasteiger partial charge in [0.25, 0.3) is 5.56 Å². The Bertz CT molecular complexity index is 856. The Labute approximate surface area is 137 Å². The maximum Gasteiger partial charge on any atom is 0.258 e. The number of rotatable bonds is 5. The van der Waals surface area contributed by atoms with Gasteiger partial charge in [-0.2, -0.15) is 0 Å². The lowest BCUT2D eigenvalue weighted by Crippen LogP contribution is -2.28. The van der Waals surface area contributed by atoms with Gasteiger partial charge < -0.3 is 0 Å². The topological polar surface area (TPSA) is 37.6 Å². The van der Waals surface area contributed by atoms with E-state index in [1.54, 1.807) is 28.8 Å². The normalized spacial score (nSPS) is 12.9. The molecule has 23 heavy (non-hydrogen) atoms. The van der Waals surface area contributed by atoms with Crippen LogP contribution >= 0.6 is 11.3 Å². The molecule has 1 aromatic carbocycles. The summed E-state index contributed by atoms with van der Waals surface area (Å²) in [6.07, 6.45) is 1.73. The third kappa shape index (κ3) is 3.33.